The summed E-state index contributed by atoms with van der Waals surface area (Å²) in [5.74, 6) is -1.51. The van der Waals surface area contributed by atoms with E-state index in [0.717, 1.165) is 6.07 Å². The van der Waals surface area contributed by atoms with Crippen molar-refractivity contribution in [3.63, 3.8) is 0 Å². The van der Waals surface area contributed by atoms with Crippen LogP contribution in [0.25, 0.3) is 11.3 Å². The van der Waals surface area contributed by atoms with Crippen LogP contribution >= 0.6 is 23.2 Å². The smallest absolute Gasteiger partial charge is 0.339 e. The van der Waals surface area contributed by atoms with Crippen molar-refractivity contribution in [2.24, 2.45) is 0 Å². The van der Waals surface area contributed by atoms with E-state index in [2.05, 4.69) is 0 Å². The Balaban J connectivity index is 2.64. The maximum atomic E-state index is 13.9. The predicted molar refractivity (Wildman–Crippen MR) is 75.5 cm³/mol. The number of benzene rings is 1. The van der Waals surface area contributed by atoms with Gasteiger partial charge in [0.05, 0.1) is 27.8 Å². The molecule has 7 heteroatoms. The lowest BCUT2D eigenvalue weighted by Crippen LogP contribution is -2.07. The zero-order chi connectivity index (χ0) is 15.6. The fourth-order valence-electron chi connectivity index (χ4n) is 1.73. The van der Waals surface area contributed by atoms with Gasteiger partial charge in [0.15, 0.2) is 12.0 Å². The van der Waals surface area contributed by atoms with E-state index in [-0.39, 0.29) is 39.3 Å². The van der Waals surface area contributed by atoms with Crippen molar-refractivity contribution in [3.05, 3.63) is 45.4 Å². The number of ether oxygens (including phenoxy) is 1. The van der Waals surface area contributed by atoms with Gasteiger partial charge >= 0.3 is 5.97 Å². The van der Waals surface area contributed by atoms with Gasteiger partial charge < -0.3 is 9.15 Å². The second-order valence-corrected chi connectivity index (χ2v) is 4.71. The molecule has 110 valence electrons. The molecule has 0 saturated heterocycles. The van der Waals surface area contributed by atoms with Gasteiger partial charge in [0, 0.05) is 0 Å². The average Bonchev–Trinajstić information content (AvgIpc) is 2.92. The molecule has 2 rings (SSSR count). The Bertz CT molecular complexity index is 709. The molecule has 0 fully saturated rings. The van der Waals surface area contributed by atoms with Gasteiger partial charge in [0.2, 0.25) is 0 Å². The van der Waals surface area contributed by atoms with Gasteiger partial charge in [-0.1, -0.05) is 23.2 Å². The molecule has 0 radical (unpaired) electrons. The van der Waals surface area contributed by atoms with Gasteiger partial charge in [0.1, 0.15) is 11.6 Å². The first-order chi connectivity index (χ1) is 9.99. The molecule has 1 aromatic carbocycles. The molecule has 2 aromatic rings. The fraction of sp³-hybridized carbons (Fsp3) is 0.143. The maximum absolute atomic E-state index is 13.9. The molecule has 0 aliphatic carbocycles. The second kappa shape index (κ2) is 6.28. The molecule has 0 amide bonds. The fourth-order valence-corrected chi connectivity index (χ4v) is 2.34. The van der Waals surface area contributed by atoms with E-state index in [1.54, 1.807) is 6.92 Å². The minimum atomic E-state index is -0.844. The molecule has 0 saturated carbocycles. The number of furan rings is 1. The molecule has 21 heavy (non-hydrogen) atoms. The van der Waals surface area contributed by atoms with Gasteiger partial charge in [-0.3, -0.25) is 4.79 Å². The first kappa shape index (κ1) is 15.5. The Morgan fingerprint density at radius 3 is 2.67 bits per heavy atom. The van der Waals surface area contributed by atoms with Gasteiger partial charge in [0.25, 0.3) is 0 Å². The highest BCUT2D eigenvalue weighted by molar-refractivity contribution is 6.41. The predicted octanol–water partition coefficient (Wildman–Crippen LogP) is 4.38. The van der Waals surface area contributed by atoms with Crippen molar-refractivity contribution in [2.75, 3.05) is 6.61 Å². The Hall–Kier alpha value is -1.85. The quantitative estimate of drug-likeness (QED) is 0.474. The van der Waals surface area contributed by atoms with Crippen LogP contribution in [0.3, 0.4) is 0 Å². The molecule has 4 nitrogen and oxygen atoms in total. The first-order valence-corrected chi connectivity index (χ1v) is 6.65. The monoisotopic (exact) mass is 330 g/mol. The van der Waals surface area contributed by atoms with Crippen molar-refractivity contribution in [3.8, 4) is 11.3 Å². The van der Waals surface area contributed by atoms with Crippen molar-refractivity contribution in [1.29, 1.82) is 0 Å². The molecular weight excluding hydrogens is 322 g/mol. The number of carbonyl (C=O) groups is 2. The number of esters is 1. The first-order valence-electron chi connectivity index (χ1n) is 5.89. The van der Waals surface area contributed by atoms with Gasteiger partial charge in [-0.05, 0) is 25.1 Å². The Morgan fingerprint density at radius 2 is 2.10 bits per heavy atom. The van der Waals surface area contributed by atoms with E-state index < -0.39 is 11.8 Å². The van der Waals surface area contributed by atoms with Crippen LogP contribution in [-0.2, 0) is 4.74 Å². The molecule has 0 N–H and O–H groups in total. The van der Waals surface area contributed by atoms with Gasteiger partial charge in [-0.25, -0.2) is 9.18 Å². The summed E-state index contributed by atoms with van der Waals surface area (Å²) in [6.07, 6.45) is 0.483. The molecule has 0 spiro atoms. The summed E-state index contributed by atoms with van der Waals surface area (Å²) in [6, 6.07) is 3.69. The highest BCUT2D eigenvalue weighted by Crippen LogP contribution is 2.39. The Morgan fingerprint density at radius 1 is 1.38 bits per heavy atom. The second-order valence-electron chi connectivity index (χ2n) is 3.95. The Kier molecular flexibility index (Phi) is 4.65. The SMILES string of the molecule is CCOC(=O)c1cc(F)c(Cl)c(-c2ccc(C=O)o2)c1Cl. The number of rotatable bonds is 4. The molecule has 1 heterocycles. The average molecular weight is 331 g/mol. The largest absolute Gasteiger partial charge is 0.462 e. The summed E-state index contributed by atoms with van der Waals surface area (Å²) in [6.45, 7) is 1.73. The summed E-state index contributed by atoms with van der Waals surface area (Å²) >= 11 is 12.0. The molecule has 0 aliphatic heterocycles. The lowest BCUT2D eigenvalue weighted by Gasteiger charge is -2.10. The minimum absolute atomic E-state index is 0.00511. The summed E-state index contributed by atoms with van der Waals surface area (Å²) in [4.78, 5) is 22.4. The van der Waals surface area contributed by atoms with Crippen molar-refractivity contribution in [1.82, 2.24) is 0 Å². The van der Waals surface area contributed by atoms with E-state index >= 15 is 0 Å². The zero-order valence-corrected chi connectivity index (χ0v) is 12.3. The number of hydrogen-bond acceptors (Lipinski definition) is 4. The molecule has 0 atom stereocenters. The van der Waals surface area contributed by atoms with Crippen LogP contribution in [0.4, 0.5) is 4.39 Å². The normalized spacial score (nSPS) is 10.5. The van der Waals surface area contributed by atoms with E-state index in [1.165, 1.54) is 12.1 Å². The summed E-state index contributed by atoms with van der Waals surface area (Å²) in [5.41, 5.74) is -0.172. The molecule has 0 aliphatic rings. The Labute approximate surface area is 129 Å². The topological polar surface area (TPSA) is 56.5 Å². The highest BCUT2D eigenvalue weighted by Gasteiger charge is 2.24. The van der Waals surface area contributed by atoms with Crippen LogP contribution in [0.15, 0.2) is 22.6 Å². The zero-order valence-electron chi connectivity index (χ0n) is 10.8. The molecule has 1 aromatic heterocycles. The maximum Gasteiger partial charge on any atom is 0.339 e. The van der Waals surface area contributed by atoms with Crippen molar-refractivity contribution >= 4 is 35.5 Å². The van der Waals surface area contributed by atoms with Crippen LogP contribution < -0.4 is 0 Å². The van der Waals surface area contributed by atoms with Gasteiger partial charge in [-0.2, -0.15) is 0 Å². The van der Waals surface area contributed by atoms with E-state index in [9.17, 15) is 14.0 Å². The number of halogens is 3. The third-order valence-corrected chi connectivity index (χ3v) is 3.40. The minimum Gasteiger partial charge on any atom is -0.462 e. The highest BCUT2D eigenvalue weighted by atomic mass is 35.5. The van der Waals surface area contributed by atoms with Crippen LogP contribution in [0, 0.1) is 5.82 Å². The van der Waals surface area contributed by atoms with E-state index in [1.807, 2.05) is 0 Å². The lowest BCUT2D eigenvalue weighted by molar-refractivity contribution is 0.0526. The molecule has 0 unspecified atom stereocenters. The van der Waals surface area contributed by atoms with Crippen molar-refractivity contribution in [2.45, 2.75) is 6.92 Å². The van der Waals surface area contributed by atoms with E-state index in [0.29, 0.717) is 6.29 Å². The lowest BCUT2D eigenvalue weighted by atomic mass is 10.1. The van der Waals surface area contributed by atoms with Crippen LogP contribution in [-0.4, -0.2) is 18.9 Å². The standard InChI is InChI=1S/C14H9Cl2FO4/c1-2-20-14(19)8-5-9(17)13(16)11(12(8)15)10-4-3-7(6-18)21-10/h3-6H,2H2,1H3. The van der Waals surface area contributed by atoms with Crippen LogP contribution in [0.1, 0.15) is 27.8 Å². The van der Waals surface area contributed by atoms with Crippen LogP contribution in [0.5, 0.6) is 0 Å². The number of carbonyl (C=O) groups excluding carboxylic acids is 2. The third kappa shape index (κ3) is 2.94. The summed E-state index contributed by atoms with van der Waals surface area (Å²) < 4.78 is 23.9. The van der Waals surface area contributed by atoms with Crippen LogP contribution in [0.2, 0.25) is 10.0 Å². The molecular formula is C14H9Cl2FO4. The number of hydrogen-bond donors (Lipinski definition) is 0. The van der Waals surface area contributed by atoms with E-state index in [4.69, 9.17) is 32.4 Å². The van der Waals surface area contributed by atoms with Gasteiger partial charge in [-0.15, -0.1) is 0 Å². The summed E-state index contributed by atoms with van der Waals surface area (Å²) in [5, 5.41) is -0.411. The summed E-state index contributed by atoms with van der Waals surface area (Å²) in [7, 11) is 0. The van der Waals surface area contributed by atoms with Crippen molar-refractivity contribution < 1.29 is 23.1 Å². The number of aldehydes is 1. The third-order valence-electron chi connectivity index (χ3n) is 2.64. The molecule has 0 bridgehead atoms.